The maximum Gasteiger partial charge on any atom is 0.335 e. The van der Waals surface area contributed by atoms with Gasteiger partial charge in [0.05, 0.1) is 5.56 Å². The summed E-state index contributed by atoms with van der Waals surface area (Å²) in [5.41, 5.74) is 0.313. The van der Waals surface area contributed by atoms with Crippen molar-refractivity contribution in [1.29, 1.82) is 0 Å². The molecule has 0 fully saturated rings. The van der Waals surface area contributed by atoms with Crippen molar-refractivity contribution in [3.63, 3.8) is 0 Å². The van der Waals surface area contributed by atoms with E-state index in [9.17, 15) is 9.18 Å². The van der Waals surface area contributed by atoms with Crippen molar-refractivity contribution in [2.45, 2.75) is 25.9 Å². The first-order chi connectivity index (χ1) is 11.9. The van der Waals surface area contributed by atoms with Gasteiger partial charge in [-0.25, -0.2) is 9.18 Å². The number of benzene rings is 2. The maximum atomic E-state index is 14.0. The van der Waals surface area contributed by atoms with Crippen LogP contribution in [0.25, 0.3) is 6.08 Å². The van der Waals surface area contributed by atoms with E-state index < -0.39 is 17.4 Å². The van der Waals surface area contributed by atoms with Crippen molar-refractivity contribution in [2.75, 3.05) is 0 Å². The second kappa shape index (κ2) is 8.29. The predicted molar refractivity (Wildman–Crippen MR) is 97.3 cm³/mol. The summed E-state index contributed by atoms with van der Waals surface area (Å²) in [7, 11) is 0. The van der Waals surface area contributed by atoms with Gasteiger partial charge in [0.2, 0.25) is 0 Å². The molecular formula is C21H21FO3. The van der Waals surface area contributed by atoms with Crippen LogP contribution in [0, 0.1) is 5.82 Å². The van der Waals surface area contributed by atoms with Crippen LogP contribution in [0.5, 0.6) is 5.75 Å². The Bertz CT molecular complexity index is 781. The van der Waals surface area contributed by atoms with E-state index in [2.05, 4.69) is 0 Å². The van der Waals surface area contributed by atoms with Crippen molar-refractivity contribution in [2.24, 2.45) is 0 Å². The number of carboxylic acid groups (broad SMARTS) is 1. The number of halogens is 1. The molecule has 0 aliphatic carbocycles. The lowest BCUT2D eigenvalue weighted by Gasteiger charge is -2.26. The molecule has 1 N–H and O–H groups in total. The average Bonchev–Trinajstić information content (AvgIpc) is 2.61. The molecule has 25 heavy (non-hydrogen) atoms. The van der Waals surface area contributed by atoms with E-state index in [0.29, 0.717) is 6.42 Å². The SMILES string of the molecule is CCC(C)(/C=C/C=C\c1ccccc1)Oc1cc(C(=O)O)ccc1F. The summed E-state index contributed by atoms with van der Waals surface area (Å²) in [5.74, 6) is -1.77. The molecule has 0 radical (unpaired) electrons. The van der Waals surface area contributed by atoms with E-state index in [0.717, 1.165) is 11.6 Å². The largest absolute Gasteiger partial charge is 0.480 e. The van der Waals surface area contributed by atoms with Crippen LogP contribution in [0.2, 0.25) is 0 Å². The number of hydrogen-bond donors (Lipinski definition) is 1. The predicted octanol–water partition coefficient (Wildman–Crippen LogP) is 5.34. The van der Waals surface area contributed by atoms with E-state index in [1.807, 2.05) is 68.5 Å². The summed E-state index contributed by atoms with van der Waals surface area (Å²) in [5, 5.41) is 9.04. The lowest BCUT2D eigenvalue weighted by Crippen LogP contribution is -2.29. The second-order valence-electron chi connectivity index (χ2n) is 5.85. The fraction of sp³-hybridized carbons (Fsp3) is 0.190. The molecule has 2 aromatic rings. The summed E-state index contributed by atoms with van der Waals surface area (Å²) >= 11 is 0. The summed E-state index contributed by atoms with van der Waals surface area (Å²) in [6.07, 6.45) is 8.11. The average molecular weight is 340 g/mol. The summed E-state index contributed by atoms with van der Waals surface area (Å²) in [4.78, 5) is 11.0. The minimum atomic E-state index is -1.12. The van der Waals surface area contributed by atoms with Gasteiger partial charge in [-0.3, -0.25) is 0 Å². The lowest BCUT2D eigenvalue weighted by molar-refractivity contribution is 0.0694. The van der Waals surface area contributed by atoms with Crippen LogP contribution in [0.4, 0.5) is 4.39 Å². The first kappa shape index (κ1) is 18.5. The molecule has 0 bridgehead atoms. The molecule has 0 aromatic heterocycles. The summed E-state index contributed by atoms with van der Waals surface area (Å²) in [6.45, 7) is 3.75. The molecule has 0 spiro atoms. The molecule has 0 saturated carbocycles. The molecule has 1 atom stereocenters. The first-order valence-corrected chi connectivity index (χ1v) is 8.06. The highest BCUT2D eigenvalue weighted by molar-refractivity contribution is 5.88. The molecule has 0 amide bonds. The van der Waals surface area contributed by atoms with Crippen molar-refractivity contribution in [3.8, 4) is 5.75 Å². The van der Waals surface area contributed by atoms with E-state index in [1.54, 1.807) is 0 Å². The molecule has 0 saturated heterocycles. The monoisotopic (exact) mass is 340 g/mol. The second-order valence-corrected chi connectivity index (χ2v) is 5.85. The highest BCUT2D eigenvalue weighted by Crippen LogP contribution is 2.26. The maximum absolute atomic E-state index is 14.0. The third-order valence-electron chi connectivity index (χ3n) is 3.87. The van der Waals surface area contributed by atoms with Crippen molar-refractivity contribution in [3.05, 3.63) is 83.7 Å². The van der Waals surface area contributed by atoms with E-state index in [1.165, 1.54) is 12.1 Å². The summed E-state index contributed by atoms with van der Waals surface area (Å²) in [6, 6.07) is 13.4. The van der Waals surface area contributed by atoms with Gasteiger partial charge >= 0.3 is 5.97 Å². The Kier molecular flexibility index (Phi) is 6.12. The Morgan fingerprint density at radius 2 is 1.92 bits per heavy atom. The number of allylic oxidation sites excluding steroid dienone is 2. The Morgan fingerprint density at radius 3 is 2.56 bits per heavy atom. The van der Waals surface area contributed by atoms with Crippen LogP contribution in [0.1, 0.15) is 36.2 Å². The van der Waals surface area contributed by atoms with Crippen LogP contribution in [0.3, 0.4) is 0 Å². The molecule has 3 nitrogen and oxygen atoms in total. The molecule has 1 unspecified atom stereocenters. The van der Waals surface area contributed by atoms with Crippen molar-refractivity contribution in [1.82, 2.24) is 0 Å². The fourth-order valence-electron chi connectivity index (χ4n) is 2.18. The topological polar surface area (TPSA) is 46.5 Å². The molecule has 130 valence electrons. The van der Waals surface area contributed by atoms with Gasteiger partial charge in [0.1, 0.15) is 5.60 Å². The molecule has 2 aromatic carbocycles. The Morgan fingerprint density at radius 1 is 1.20 bits per heavy atom. The number of rotatable bonds is 7. The van der Waals surface area contributed by atoms with Gasteiger partial charge in [0, 0.05) is 0 Å². The molecule has 0 aliphatic heterocycles. The quantitative estimate of drug-likeness (QED) is 0.692. The van der Waals surface area contributed by atoms with E-state index in [4.69, 9.17) is 9.84 Å². The first-order valence-electron chi connectivity index (χ1n) is 8.06. The highest BCUT2D eigenvalue weighted by atomic mass is 19.1. The lowest BCUT2D eigenvalue weighted by atomic mass is 10.0. The van der Waals surface area contributed by atoms with E-state index in [-0.39, 0.29) is 11.3 Å². The number of carbonyl (C=O) groups is 1. The van der Waals surface area contributed by atoms with Crippen molar-refractivity contribution >= 4 is 12.0 Å². The zero-order valence-corrected chi connectivity index (χ0v) is 14.3. The van der Waals surface area contributed by atoms with Gasteiger partial charge in [0.25, 0.3) is 0 Å². The zero-order valence-electron chi connectivity index (χ0n) is 14.3. The highest BCUT2D eigenvalue weighted by Gasteiger charge is 2.22. The van der Waals surface area contributed by atoms with Gasteiger partial charge < -0.3 is 9.84 Å². The van der Waals surface area contributed by atoms with Gasteiger partial charge in [-0.1, -0.05) is 55.5 Å². The zero-order chi connectivity index (χ0) is 18.3. The molecular weight excluding hydrogens is 319 g/mol. The van der Waals surface area contributed by atoms with Gasteiger partial charge in [-0.15, -0.1) is 0 Å². The molecule has 2 rings (SSSR count). The molecule has 0 aliphatic rings. The van der Waals surface area contributed by atoms with Crippen LogP contribution in [0.15, 0.2) is 66.8 Å². The molecule has 4 heteroatoms. The smallest absolute Gasteiger partial charge is 0.335 e. The van der Waals surface area contributed by atoms with E-state index >= 15 is 0 Å². The van der Waals surface area contributed by atoms with Crippen LogP contribution < -0.4 is 4.74 Å². The van der Waals surface area contributed by atoms with Gasteiger partial charge in [-0.2, -0.15) is 0 Å². The Balaban J connectivity index is 2.14. The third kappa shape index (κ3) is 5.31. The van der Waals surface area contributed by atoms with Crippen LogP contribution in [-0.2, 0) is 0 Å². The fourth-order valence-corrected chi connectivity index (χ4v) is 2.18. The summed E-state index contributed by atoms with van der Waals surface area (Å²) < 4.78 is 19.7. The minimum absolute atomic E-state index is 0.0113. The van der Waals surface area contributed by atoms with Gasteiger partial charge in [-0.05, 0) is 43.2 Å². The number of hydrogen-bond acceptors (Lipinski definition) is 2. The van der Waals surface area contributed by atoms with Gasteiger partial charge in [0.15, 0.2) is 11.6 Å². The number of ether oxygens (including phenoxy) is 1. The Labute approximate surface area is 147 Å². The standard InChI is InChI=1S/C21H21FO3/c1-3-21(2,14-8-7-11-16-9-5-4-6-10-16)25-19-15-17(20(23)24)12-13-18(19)22/h4-15H,3H2,1-2H3,(H,23,24)/b11-7-,14-8+. The van der Waals surface area contributed by atoms with Crippen molar-refractivity contribution < 1.29 is 19.0 Å². The minimum Gasteiger partial charge on any atom is -0.480 e. The Hall–Kier alpha value is -2.88. The normalized spacial score (nSPS) is 13.9. The number of aromatic carboxylic acids is 1. The van der Waals surface area contributed by atoms with Crippen LogP contribution in [-0.4, -0.2) is 16.7 Å². The number of carboxylic acids is 1. The third-order valence-corrected chi connectivity index (χ3v) is 3.87. The van der Waals surface area contributed by atoms with Crippen LogP contribution >= 0.6 is 0 Å². The molecule has 0 heterocycles.